The number of rotatable bonds is 3. The van der Waals surface area contributed by atoms with Crippen LogP contribution in [0.2, 0.25) is 0 Å². The summed E-state index contributed by atoms with van der Waals surface area (Å²) in [4.78, 5) is 9.52. The second-order valence-electron chi connectivity index (χ2n) is 3.67. The average Bonchev–Trinajstić information content (AvgIpc) is 2.35. The van der Waals surface area contributed by atoms with Crippen LogP contribution in [-0.4, -0.2) is 4.92 Å². The molecular weight excluding hydrogens is 343 g/mol. The van der Waals surface area contributed by atoms with Gasteiger partial charge in [0.05, 0.1) is 21.5 Å². The second kappa shape index (κ2) is 5.49. The molecule has 0 unspecified atom stereocenters. The SMILES string of the molecule is O=[N+]([O-])c1cc(F)c(Oc2ccc(F)cc2Br)c(F)c1. The van der Waals surface area contributed by atoms with Gasteiger partial charge in [-0.1, -0.05) is 0 Å². The van der Waals surface area contributed by atoms with Gasteiger partial charge in [-0.2, -0.15) is 0 Å². The summed E-state index contributed by atoms with van der Waals surface area (Å²) in [6, 6.07) is 4.34. The molecule has 0 amide bonds. The molecule has 0 bridgehead atoms. The van der Waals surface area contributed by atoms with E-state index in [1.165, 1.54) is 6.07 Å². The van der Waals surface area contributed by atoms with Crippen molar-refractivity contribution in [2.45, 2.75) is 0 Å². The summed E-state index contributed by atoms with van der Waals surface area (Å²) >= 11 is 2.97. The number of benzene rings is 2. The van der Waals surface area contributed by atoms with Gasteiger partial charge in [0.15, 0.2) is 17.4 Å². The fourth-order valence-electron chi connectivity index (χ4n) is 1.42. The number of nitro benzene ring substituents is 1. The minimum atomic E-state index is -1.23. The lowest BCUT2D eigenvalue weighted by atomic mass is 10.2. The zero-order valence-corrected chi connectivity index (χ0v) is 11.2. The minimum absolute atomic E-state index is 0.0296. The van der Waals surface area contributed by atoms with Crippen molar-refractivity contribution in [1.29, 1.82) is 0 Å². The second-order valence-corrected chi connectivity index (χ2v) is 4.53. The van der Waals surface area contributed by atoms with E-state index in [-0.39, 0.29) is 10.2 Å². The Kier molecular flexibility index (Phi) is 3.93. The van der Waals surface area contributed by atoms with E-state index in [9.17, 15) is 23.3 Å². The molecule has 0 N–H and O–H groups in total. The Balaban J connectivity index is 2.41. The van der Waals surface area contributed by atoms with Gasteiger partial charge in [-0.25, -0.2) is 13.2 Å². The normalized spacial score (nSPS) is 10.4. The molecule has 8 heteroatoms. The van der Waals surface area contributed by atoms with Gasteiger partial charge in [-0.05, 0) is 34.1 Å². The van der Waals surface area contributed by atoms with Crippen LogP contribution in [0, 0.1) is 27.6 Å². The third kappa shape index (κ3) is 2.90. The van der Waals surface area contributed by atoms with E-state index in [2.05, 4.69) is 15.9 Å². The van der Waals surface area contributed by atoms with Crippen molar-refractivity contribution in [3.05, 3.63) is 62.4 Å². The molecule has 20 heavy (non-hydrogen) atoms. The highest BCUT2D eigenvalue weighted by atomic mass is 79.9. The van der Waals surface area contributed by atoms with Crippen molar-refractivity contribution in [3.8, 4) is 11.5 Å². The molecule has 0 aromatic heterocycles. The number of ether oxygens (including phenoxy) is 1. The smallest absolute Gasteiger partial charge is 0.275 e. The van der Waals surface area contributed by atoms with Crippen LogP contribution in [0.3, 0.4) is 0 Å². The summed E-state index contributed by atoms with van der Waals surface area (Å²) in [7, 11) is 0. The first kappa shape index (κ1) is 14.3. The Bertz CT molecular complexity index is 671. The highest BCUT2D eigenvalue weighted by molar-refractivity contribution is 9.10. The Morgan fingerprint density at radius 2 is 1.70 bits per heavy atom. The summed E-state index contributed by atoms with van der Waals surface area (Å²) < 4.78 is 45.2. The van der Waals surface area contributed by atoms with Gasteiger partial charge in [-0.15, -0.1) is 0 Å². The molecule has 0 atom stereocenters. The zero-order valence-electron chi connectivity index (χ0n) is 9.57. The summed E-state index contributed by atoms with van der Waals surface area (Å²) in [5.41, 5.74) is -0.731. The van der Waals surface area contributed by atoms with Crippen molar-refractivity contribution in [1.82, 2.24) is 0 Å². The van der Waals surface area contributed by atoms with E-state index in [1.54, 1.807) is 0 Å². The van der Waals surface area contributed by atoms with Crippen LogP contribution in [0.15, 0.2) is 34.8 Å². The predicted octanol–water partition coefficient (Wildman–Crippen LogP) is 4.57. The molecule has 2 rings (SSSR count). The molecule has 0 radical (unpaired) electrons. The molecule has 0 aliphatic heterocycles. The Morgan fingerprint density at radius 1 is 1.10 bits per heavy atom. The Morgan fingerprint density at radius 3 is 2.20 bits per heavy atom. The van der Waals surface area contributed by atoms with Crippen LogP contribution in [0.1, 0.15) is 0 Å². The number of nitrogens with zero attached hydrogens (tertiary/aromatic N) is 1. The first-order valence-electron chi connectivity index (χ1n) is 5.15. The highest BCUT2D eigenvalue weighted by Gasteiger charge is 2.19. The quantitative estimate of drug-likeness (QED) is 0.603. The van der Waals surface area contributed by atoms with E-state index in [1.807, 2.05) is 0 Å². The molecule has 0 spiro atoms. The summed E-state index contributed by atoms with van der Waals surface area (Å²) in [5, 5.41) is 10.4. The molecule has 0 saturated carbocycles. The lowest BCUT2D eigenvalue weighted by Crippen LogP contribution is -1.97. The van der Waals surface area contributed by atoms with E-state index < -0.39 is 33.8 Å². The minimum Gasteiger partial charge on any atom is -0.450 e. The van der Waals surface area contributed by atoms with Crippen LogP contribution in [-0.2, 0) is 0 Å². The molecule has 0 saturated heterocycles. The first-order chi connectivity index (χ1) is 9.38. The van der Waals surface area contributed by atoms with E-state index >= 15 is 0 Å². The zero-order chi connectivity index (χ0) is 14.9. The molecule has 0 fully saturated rings. The van der Waals surface area contributed by atoms with Crippen LogP contribution >= 0.6 is 15.9 Å². The fraction of sp³-hybridized carbons (Fsp3) is 0. The van der Waals surface area contributed by atoms with Crippen molar-refractivity contribution >= 4 is 21.6 Å². The lowest BCUT2D eigenvalue weighted by molar-refractivity contribution is -0.385. The molecule has 0 heterocycles. The van der Waals surface area contributed by atoms with E-state index in [4.69, 9.17) is 4.74 Å². The highest BCUT2D eigenvalue weighted by Crippen LogP contribution is 2.34. The molecule has 4 nitrogen and oxygen atoms in total. The van der Waals surface area contributed by atoms with Gasteiger partial charge in [-0.3, -0.25) is 10.1 Å². The van der Waals surface area contributed by atoms with E-state index in [0.29, 0.717) is 12.1 Å². The maximum absolute atomic E-state index is 13.6. The predicted molar refractivity (Wildman–Crippen MR) is 67.2 cm³/mol. The van der Waals surface area contributed by atoms with Gasteiger partial charge in [0.2, 0.25) is 0 Å². The van der Waals surface area contributed by atoms with Crippen molar-refractivity contribution in [3.63, 3.8) is 0 Å². The Hall–Kier alpha value is -2.09. The molecular formula is C12H5BrF3NO3. The molecule has 0 aliphatic carbocycles. The third-order valence-electron chi connectivity index (χ3n) is 2.30. The van der Waals surface area contributed by atoms with Gasteiger partial charge in [0.25, 0.3) is 5.69 Å². The van der Waals surface area contributed by atoms with Gasteiger partial charge in [0.1, 0.15) is 11.6 Å². The van der Waals surface area contributed by atoms with Gasteiger partial charge < -0.3 is 4.74 Å². The number of halogens is 4. The van der Waals surface area contributed by atoms with Crippen LogP contribution in [0.5, 0.6) is 11.5 Å². The van der Waals surface area contributed by atoms with Crippen molar-refractivity contribution in [2.75, 3.05) is 0 Å². The molecule has 0 aliphatic rings. The van der Waals surface area contributed by atoms with Crippen LogP contribution < -0.4 is 4.74 Å². The summed E-state index contributed by atoms with van der Waals surface area (Å²) in [5.74, 6) is -3.85. The average molecular weight is 348 g/mol. The standard InChI is InChI=1S/C12H5BrF3NO3/c13-8-3-6(14)1-2-11(8)20-12-9(15)4-7(17(18)19)5-10(12)16/h1-5H. The summed E-state index contributed by atoms with van der Waals surface area (Å²) in [6.45, 7) is 0. The first-order valence-corrected chi connectivity index (χ1v) is 5.94. The Labute approximate surface area is 119 Å². The topological polar surface area (TPSA) is 52.4 Å². The maximum atomic E-state index is 13.6. The van der Waals surface area contributed by atoms with Crippen molar-refractivity contribution < 1.29 is 22.8 Å². The van der Waals surface area contributed by atoms with Gasteiger partial charge in [0, 0.05) is 0 Å². The lowest BCUT2D eigenvalue weighted by Gasteiger charge is -2.09. The monoisotopic (exact) mass is 347 g/mol. The van der Waals surface area contributed by atoms with E-state index in [0.717, 1.165) is 12.1 Å². The maximum Gasteiger partial charge on any atom is 0.275 e. The number of hydrogen-bond donors (Lipinski definition) is 0. The van der Waals surface area contributed by atoms with Crippen LogP contribution in [0.25, 0.3) is 0 Å². The van der Waals surface area contributed by atoms with Crippen LogP contribution in [0.4, 0.5) is 18.9 Å². The van der Waals surface area contributed by atoms with Gasteiger partial charge >= 0.3 is 0 Å². The molecule has 2 aromatic rings. The summed E-state index contributed by atoms with van der Waals surface area (Å²) in [6.07, 6.45) is 0. The third-order valence-corrected chi connectivity index (χ3v) is 2.92. The number of non-ortho nitro benzene ring substituents is 1. The fourth-order valence-corrected chi connectivity index (χ4v) is 1.85. The molecule has 2 aromatic carbocycles. The largest absolute Gasteiger partial charge is 0.450 e. The van der Waals surface area contributed by atoms with Crippen molar-refractivity contribution in [2.24, 2.45) is 0 Å². The molecule has 104 valence electrons. The number of hydrogen-bond acceptors (Lipinski definition) is 3. The number of nitro groups is 1.